The van der Waals surface area contributed by atoms with Gasteiger partial charge in [0, 0.05) is 6.20 Å². The fourth-order valence-corrected chi connectivity index (χ4v) is 0.764. The topological polar surface area (TPSA) is 12.9 Å². The van der Waals surface area contributed by atoms with Crippen LogP contribution in [0.5, 0.6) is 0 Å². The molecule has 0 N–H and O–H groups in total. The number of rotatable bonds is 0. The first-order chi connectivity index (χ1) is 5.02. The Balaban J connectivity index is 3.14. The fourth-order valence-electron chi connectivity index (χ4n) is 0.546. The predicted molar refractivity (Wildman–Crippen MR) is 33.1 cm³/mol. The number of halogens is 4. The van der Waals surface area contributed by atoms with Crippen LogP contribution in [0.4, 0.5) is 13.2 Å². The predicted octanol–water partition coefficient (Wildman–Crippen LogP) is 2.55. The molecule has 1 aromatic rings. The van der Waals surface area contributed by atoms with E-state index in [4.69, 9.17) is 11.6 Å². The molecule has 1 rings (SSSR count). The lowest BCUT2D eigenvalue weighted by atomic mass is 10.3. The van der Waals surface area contributed by atoms with Crippen LogP contribution in [-0.4, -0.2) is 4.98 Å². The van der Waals surface area contributed by atoms with Gasteiger partial charge in [0.25, 0.3) is 0 Å². The molecule has 0 amide bonds. The zero-order chi connectivity index (χ0) is 8.48. The highest BCUT2D eigenvalue weighted by atomic mass is 35.5. The highest BCUT2D eigenvalue weighted by molar-refractivity contribution is 6.30. The highest BCUT2D eigenvalue weighted by Crippen LogP contribution is 2.32. The molecular weight excluding hydrogens is 179 g/mol. The van der Waals surface area contributed by atoms with Crippen molar-refractivity contribution in [2.45, 2.75) is 6.18 Å². The number of aromatic nitrogens is 1. The second kappa shape index (κ2) is 2.70. The summed E-state index contributed by atoms with van der Waals surface area (Å²) in [5.41, 5.74) is -1.03. The van der Waals surface area contributed by atoms with Gasteiger partial charge in [0.05, 0.1) is 0 Å². The van der Waals surface area contributed by atoms with Crippen molar-refractivity contribution in [2.24, 2.45) is 0 Å². The van der Waals surface area contributed by atoms with Crippen LogP contribution in [0.3, 0.4) is 0 Å². The van der Waals surface area contributed by atoms with E-state index in [1.165, 1.54) is 0 Å². The zero-order valence-electron chi connectivity index (χ0n) is 5.11. The summed E-state index contributed by atoms with van der Waals surface area (Å²) in [5.74, 6) is 0. The molecule has 11 heavy (non-hydrogen) atoms. The molecule has 1 nitrogen and oxygen atoms in total. The minimum absolute atomic E-state index is 0.569. The summed E-state index contributed by atoms with van der Waals surface area (Å²) in [5, 5.41) is -0.569. The van der Waals surface area contributed by atoms with E-state index in [1.807, 2.05) is 6.07 Å². The molecule has 0 aliphatic rings. The van der Waals surface area contributed by atoms with E-state index in [0.717, 1.165) is 12.3 Å². The lowest BCUT2D eigenvalue weighted by Crippen LogP contribution is -2.06. The summed E-state index contributed by atoms with van der Waals surface area (Å²) >= 11 is 5.15. The van der Waals surface area contributed by atoms with Gasteiger partial charge in [0.15, 0.2) is 0 Å². The van der Waals surface area contributed by atoms with Crippen LogP contribution in [0, 0.1) is 6.07 Å². The molecule has 1 radical (unpaired) electrons. The summed E-state index contributed by atoms with van der Waals surface area (Å²) in [4.78, 5) is 3.26. The molecule has 0 unspecified atom stereocenters. The van der Waals surface area contributed by atoms with E-state index in [-0.39, 0.29) is 0 Å². The van der Waals surface area contributed by atoms with Crippen molar-refractivity contribution in [3.63, 3.8) is 0 Å². The van der Waals surface area contributed by atoms with Gasteiger partial charge in [-0.2, -0.15) is 13.2 Å². The number of hydrogen-bond donors (Lipinski definition) is 0. The number of hydrogen-bond acceptors (Lipinski definition) is 1. The maximum absolute atomic E-state index is 11.9. The van der Waals surface area contributed by atoms with E-state index in [0.29, 0.717) is 0 Å². The van der Waals surface area contributed by atoms with Gasteiger partial charge in [-0.1, -0.05) is 11.6 Å². The third-order valence-corrected chi connectivity index (χ3v) is 1.27. The second-order valence-corrected chi connectivity index (χ2v) is 2.11. The maximum atomic E-state index is 11.9. The Hall–Kier alpha value is -0.770. The maximum Gasteiger partial charge on any atom is 0.419 e. The second-order valence-electron chi connectivity index (χ2n) is 1.75. The Morgan fingerprint density at radius 2 is 2.09 bits per heavy atom. The first-order valence-corrected chi connectivity index (χ1v) is 2.99. The number of nitrogens with zero attached hydrogens (tertiary/aromatic N) is 1. The Morgan fingerprint density at radius 3 is 2.45 bits per heavy atom. The van der Waals surface area contributed by atoms with Crippen molar-refractivity contribution in [2.75, 3.05) is 0 Å². The SMILES string of the molecule is FC(F)(F)c1[c]ccnc1Cl. The van der Waals surface area contributed by atoms with E-state index < -0.39 is 16.9 Å². The molecule has 59 valence electrons. The summed E-state index contributed by atoms with van der Waals surface area (Å²) < 4.78 is 35.7. The van der Waals surface area contributed by atoms with Crippen LogP contribution < -0.4 is 0 Å². The van der Waals surface area contributed by atoms with Crippen molar-refractivity contribution in [3.8, 4) is 0 Å². The fraction of sp³-hybridized carbons (Fsp3) is 0.167. The van der Waals surface area contributed by atoms with Gasteiger partial charge in [-0.05, 0) is 12.1 Å². The van der Waals surface area contributed by atoms with Crippen LogP contribution >= 0.6 is 11.6 Å². The van der Waals surface area contributed by atoms with Gasteiger partial charge >= 0.3 is 6.18 Å². The molecule has 0 bridgehead atoms. The van der Waals surface area contributed by atoms with Crippen LogP contribution in [0.1, 0.15) is 5.56 Å². The van der Waals surface area contributed by atoms with Gasteiger partial charge in [-0.25, -0.2) is 4.98 Å². The van der Waals surface area contributed by atoms with Gasteiger partial charge in [-0.3, -0.25) is 0 Å². The molecular formula is C6H2ClF3N. The van der Waals surface area contributed by atoms with Crippen LogP contribution in [-0.2, 0) is 6.18 Å². The number of pyridine rings is 1. The first-order valence-electron chi connectivity index (χ1n) is 2.61. The van der Waals surface area contributed by atoms with E-state index in [9.17, 15) is 13.2 Å². The summed E-state index contributed by atoms with van der Waals surface area (Å²) in [7, 11) is 0. The van der Waals surface area contributed by atoms with E-state index >= 15 is 0 Å². The first kappa shape index (κ1) is 8.33. The van der Waals surface area contributed by atoms with Gasteiger partial charge in [0.1, 0.15) is 10.7 Å². The molecule has 0 spiro atoms. The minimum Gasteiger partial charge on any atom is -0.244 e. The molecule has 0 saturated carbocycles. The van der Waals surface area contributed by atoms with E-state index in [2.05, 4.69) is 4.98 Å². The van der Waals surface area contributed by atoms with Crippen molar-refractivity contribution < 1.29 is 13.2 Å². The van der Waals surface area contributed by atoms with Crippen molar-refractivity contribution >= 4 is 11.6 Å². The van der Waals surface area contributed by atoms with E-state index in [1.54, 1.807) is 0 Å². The molecule has 0 fully saturated rings. The normalized spacial score (nSPS) is 11.6. The molecule has 0 atom stereocenters. The average molecular weight is 181 g/mol. The van der Waals surface area contributed by atoms with Gasteiger partial charge < -0.3 is 0 Å². The van der Waals surface area contributed by atoms with Crippen molar-refractivity contribution in [1.82, 2.24) is 4.98 Å². The standard InChI is InChI=1S/C6H2ClF3N/c7-5-4(6(8,9)10)2-1-3-11-5/h1,3H. The largest absolute Gasteiger partial charge is 0.419 e. The third-order valence-electron chi connectivity index (χ3n) is 0.980. The van der Waals surface area contributed by atoms with Crippen LogP contribution in [0.15, 0.2) is 12.3 Å². The Kier molecular flexibility index (Phi) is 2.04. The van der Waals surface area contributed by atoms with Crippen LogP contribution in [0.25, 0.3) is 0 Å². The summed E-state index contributed by atoms with van der Waals surface area (Å²) in [6, 6.07) is 3.02. The third kappa shape index (κ3) is 1.83. The lowest BCUT2D eigenvalue weighted by molar-refractivity contribution is -0.137. The molecule has 0 saturated heterocycles. The van der Waals surface area contributed by atoms with Gasteiger partial charge in [-0.15, -0.1) is 0 Å². The molecule has 1 heterocycles. The Morgan fingerprint density at radius 1 is 1.45 bits per heavy atom. The molecule has 0 aromatic carbocycles. The monoisotopic (exact) mass is 180 g/mol. The molecule has 1 aromatic heterocycles. The highest BCUT2D eigenvalue weighted by Gasteiger charge is 2.33. The molecule has 0 aliphatic carbocycles. The summed E-state index contributed by atoms with van der Waals surface area (Å²) in [6.07, 6.45) is -3.32. The smallest absolute Gasteiger partial charge is 0.244 e. The average Bonchev–Trinajstić information content (AvgIpc) is 1.86. The van der Waals surface area contributed by atoms with Gasteiger partial charge in [0.2, 0.25) is 0 Å². The summed E-state index contributed by atoms with van der Waals surface area (Å²) in [6.45, 7) is 0. The zero-order valence-corrected chi connectivity index (χ0v) is 5.87. The molecule has 5 heteroatoms. The minimum atomic E-state index is -4.47. The quantitative estimate of drug-likeness (QED) is 0.559. The van der Waals surface area contributed by atoms with Crippen molar-refractivity contribution in [3.05, 3.63) is 29.0 Å². The molecule has 0 aliphatic heterocycles. The lowest BCUT2D eigenvalue weighted by Gasteiger charge is -2.05. The van der Waals surface area contributed by atoms with Crippen LogP contribution in [0.2, 0.25) is 5.15 Å². The Bertz CT molecular complexity index is 258. The Labute approximate surface area is 65.8 Å². The number of alkyl halides is 3. The van der Waals surface area contributed by atoms with Crippen molar-refractivity contribution in [1.29, 1.82) is 0 Å².